The average molecular weight is 602 g/mol. The van der Waals surface area contributed by atoms with E-state index in [1.807, 2.05) is 42.3 Å². The molecular weight excluding hydrogens is 577 g/mol. The van der Waals surface area contributed by atoms with Crippen LogP contribution in [0.5, 0.6) is 0 Å². The van der Waals surface area contributed by atoms with E-state index in [9.17, 15) is 22.4 Å². The summed E-state index contributed by atoms with van der Waals surface area (Å²) in [5.41, 5.74) is 2.44. The van der Waals surface area contributed by atoms with Crippen LogP contribution in [-0.4, -0.2) is 46.9 Å². The SMILES string of the molecule is CN(Cc1ccc(C(F)(F)F)c(F)c1)[C@H]1CN(C(=O)c2ccc(-c3ccncc3)cc2)C[C@@H]1c1ccc(Cl)c(Cl)c1. The number of alkyl halides is 3. The normalized spacial score (nSPS) is 17.3. The fraction of sp³-hybridized carbons (Fsp3) is 0.226. The number of halogens is 6. The molecule has 1 aliphatic rings. The van der Waals surface area contributed by atoms with Crippen molar-refractivity contribution in [2.75, 3.05) is 20.1 Å². The number of nitrogens with zero attached hydrogens (tertiary/aromatic N) is 3. The van der Waals surface area contributed by atoms with Crippen LogP contribution in [0.3, 0.4) is 0 Å². The van der Waals surface area contributed by atoms with Crippen LogP contribution in [0, 0.1) is 5.82 Å². The van der Waals surface area contributed by atoms with Gasteiger partial charge in [-0.2, -0.15) is 13.2 Å². The Bertz CT molecular complexity index is 1550. The minimum Gasteiger partial charge on any atom is -0.336 e. The van der Waals surface area contributed by atoms with Gasteiger partial charge in [0.15, 0.2) is 0 Å². The smallest absolute Gasteiger partial charge is 0.336 e. The predicted octanol–water partition coefficient (Wildman–Crippen LogP) is 7.95. The first-order chi connectivity index (χ1) is 19.5. The van der Waals surface area contributed by atoms with E-state index >= 15 is 0 Å². The lowest BCUT2D eigenvalue weighted by molar-refractivity contribution is -0.140. The van der Waals surface area contributed by atoms with E-state index in [1.165, 1.54) is 6.07 Å². The molecule has 0 aliphatic carbocycles. The number of aromatic nitrogens is 1. The zero-order chi connectivity index (χ0) is 29.3. The van der Waals surface area contributed by atoms with Gasteiger partial charge in [0.25, 0.3) is 5.91 Å². The molecule has 1 aliphatic heterocycles. The molecule has 0 saturated carbocycles. The van der Waals surface area contributed by atoms with E-state index in [4.69, 9.17) is 23.2 Å². The lowest BCUT2D eigenvalue weighted by atomic mass is 9.93. The van der Waals surface area contributed by atoms with Gasteiger partial charge in [0.2, 0.25) is 0 Å². The third kappa shape index (κ3) is 6.40. The third-order valence-corrected chi connectivity index (χ3v) is 8.17. The maximum atomic E-state index is 14.3. The Morgan fingerprint density at radius 2 is 1.61 bits per heavy atom. The highest BCUT2D eigenvalue weighted by Gasteiger charge is 2.39. The number of carbonyl (C=O) groups excluding carboxylic acids is 1. The first kappa shape index (κ1) is 29.0. The molecule has 4 nitrogen and oxygen atoms in total. The van der Waals surface area contributed by atoms with Gasteiger partial charge >= 0.3 is 6.18 Å². The fourth-order valence-electron chi connectivity index (χ4n) is 5.29. The second-order valence-electron chi connectivity index (χ2n) is 10.1. The van der Waals surface area contributed by atoms with Crippen molar-refractivity contribution in [3.8, 4) is 11.1 Å². The van der Waals surface area contributed by atoms with Crippen LogP contribution < -0.4 is 0 Å². The van der Waals surface area contributed by atoms with Crippen LogP contribution in [0.2, 0.25) is 10.0 Å². The second-order valence-corrected chi connectivity index (χ2v) is 10.9. The van der Waals surface area contributed by atoms with Gasteiger partial charge in [-0.25, -0.2) is 4.39 Å². The molecule has 0 bridgehead atoms. The fourth-order valence-corrected chi connectivity index (χ4v) is 5.60. The minimum atomic E-state index is -4.77. The van der Waals surface area contributed by atoms with Crippen molar-refractivity contribution in [3.05, 3.63) is 123 Å². The molecule has 0 N–H and O–H groups in total. The first-order valence-corrected chi connectivity index (χ1v) is 13.6. The van der Waals surface area contributed by atoms with Crippen molar-refractivity contribution in [1.82, 2.24) is 14.8 Å². The predicted molar refractivity (Wildman–Crippen MR) is 151 cm³/mol. The molecule has 4 aromatic rings. The van der Waals surface area contributed by atoms with Crippen LogP contribution in [0.1, 0.15) is 33.0 Å². The molecule has 10 heteroatoms. The molecule has 1 aromatic heterocycles. The molecule has 212 valence electrons. The summed E-state index contributed by atoms with van der Waals surface area (Å²) in [6.07, 6.45) is -1.36. The van der Waals surface area contributed by atoms with Gasteiger partial charge in [0.1, 0.15) is 5.82 Å². The summed E-state index contributed by atoms with van der Waals surface area (Å²) >= 11 is 12.5. The average Bonchev–Trinajstić information content (AvgIpc) is 3.40. The summed E-state index contributed by atoms with van der Waals surface area (Å²) in [5.74, 6) is -1.63. The molecule has 2 atom stereocenters. The van der Waals surface area contributed by atoms with Crippen molar-refractivity contribution in [2.45, 2.75) is 24.7 Å². The van der Waals surface area contributed by atoms with Crippen molar-refractivity contribution in [3.63, 3.8) is 0 Å². The lowest BCUT2D eigenvalue weighted by Crippen LogP contribution is -2.38. The van der Waals surface area contributed by atoms with Crippen molar-refractivity contribution < 1.29 is 22.4 Å². The Morgan fingerprint density at radius 3 is 2.24 bits per heavy atom. The Morgan fingerprint density at radius 1 is 0.927 bits per heavy atom. The maximum Gasteiger partial charge on any atom is 0.419 e. The third-order valence-electron chi connectivity index (χ3n) is 7.43. The molecule has 1 fully saturated rings. The van der Waals surface area contributed by atoms with Crippen molar-refractivity contribution in [1.29, 1.82) is 0 Å². The summed E-state index contributed by atoms with van der Waals surface area (Å²) in [6.45, 7) is 0.926. The van der Waals surface area contributed by atoms with Crippen molar-refractivity contribution >= 4 is 29.1 Å². The summed E-state index contributed by atoms with van der Waals surface area (Å²) in [5, 5.41) is 0.785. The minimum absolute atomic E-state index is 0.146. The summed E-state index contributed by atoms with van der Waals surface area (Å²) < 4.78 is 53.4. The number of rotatable bonds is 6. The number of carbonyl (C=O) groups is 1. The molecule has 1 amide bonds. The Hall–Kier alpha value is -3.46. The van der Waals surface area contributed by atoms with E-state index in [-0.39, 0.29) is 24.4 Å². The first-order valence-electron chi connectivity index (χ1n) is 12.8. The van der Waals surface area contributed by atoms with E-state index in [1.54, 1.807) is 41.6 Å². The summed E-state index contributed by atoms with van der Waals surface area (Å²) in [7, 11) is 1.81. The van der Waals surface area contributed by atoms with Crippen LogP contribution >= 0.6 is 23.2 Å². The topological polar surface area (TPSA) is 36.4 Å². The van der Waals surface area contributed by atoms with E-state index in [0.29, 0.717) is 34.3 Å². The monoisotopic (exact) mass is 601 g/mol. The van der Waals surface area contributed by atoms with Gasteiger partial charge in [0, 0.05) is 49.6 Å². The quantitative estimate of drug-likeness (QED) is 0.210. The van der Waals surface area contributed by atoms with Gasteiger partial charge in [-0.15, -0.1) is 0 Å². The molecule has 41 heavy (non-hydrogen) atoms. The number of likely N-dealkylation sites (N-methyl/N-ethyl adjacent to an activating group) is 1. The van der Waals surface area contributed by atoms with Crippen LogP contribution in [0.25, 0.3) is 11.1 Å². The van der Waals surface area contributed by atoms with E-state index < -0.39 is 17.6 Å². The number of hydrogen-bond acceptors (Lipinski definition) is 3. The number of hydrogen-bond donors (Lipinski definition) is 0. The number of benzene rings is 3. The molecular formula is C31H25Cl2F4N3O. The highest BCUT2D eigenvalue weighted by atomic mass is 35.5. The highest BCUT2D eigenvalue weighted by Crippen LogP contribution is 2.36. The molecule has 1 saturated heterocycles. The molecule has 0 spiro atoms. The van der Waals surface area contributed by atoms with Crippen LogP contribution in [0.15, 0.2) is 85.2 Å². The molecule has 3 aromatic carbocycles. The number of pyridine rings is 1. The zero-order valence-corrected chi connectivity index (χ0v) is 23.4. The molecule has 5 rings (SSSR count). The number of amides is 1. The van der Waals surface area contributed by atoms with Gasteiger partial charge in [-0.05, 0) is 77.8 Å². The van der Waals surface area contributed by atoms with Gasteiger partial charge in [-0.1, -0.05) is 47.5 Å². The summed E-state index contributed by atoms with van der Waals surface area (Å²) in [4.78, 5) is 21.3. The van der Waals surface area contributed by atoms with Crippen LogP contribution in [0.4, 0.5) is 17.6 Å². The van der Waals surface area contributed by atoms with E-state index in [0.717, 1.165) is 28.8 Å². The number of likely N-dealkylation sites (tertiary alicyclic amines) is 1. The Kier molecular flexibility index (Phi) is 8.36. The van der Waals surface area contributed by atoms with Crippen LogP contribution in [-0.2, 0) is 12.7 Å². The standard InChI is InChI=1S/C31H25Cl2F4N3O/c1-39(16-19-2-8-25(28(34)14-19)31(35,36)37)29-18-40(17-24(29)23-7-9-26(32)27(33)15-23)30(41)22-5-3-20(4-6-22)21-10-12-38-13-11-21/h2-15,24,29H,16-18H2,1H3/t24-,29+/m1/s1. The van der Waals surface area contributed by atoms with Gasteiger partial charge < -0.3 is 4.90 Å². The Labute approximate surface area is 245 Å². The highest BCUT2D eigenvalue weighted by molar-refractivity contribution is 6.42. The summed E-state index contributed by atoms with van der Waals surface area (Å²) in [6, 6.07) is 19.2. The molecule has 0 radical (unpaired) electrons. The van der Waals surface area contributed by atoms with Gasteiger partial charge in [0.05, 0.1) is 15.6 Å². The second kappa shape index (κ2) is 11.8. The van der Waals surface area contributed by atoms with Crippen molar-refractivity contribution in [2.24, 2.45) is 0 Å². The zero-order valence-electron chi connectivity index (χ0n) is 21.9. The Balaban J connectivity index is 1.39. The largest absolute Gasteiger partial charge is 0.419 e. The van der Waals surface area contributed by atoms with Gasteiger partial charge in [-0.3, -0.25) is 14.7 Å². The lowest BCUT2D eigenvalue weighted by Gasteiger charge is -2.29. The molecule has 0 unspecified atom stereocenters. The molecule has 2 heterocycles. The van der Waals surface area contributed by atoms with E-state index in [2.05, 4.69) is 4.98 Å². The maximum absolute atomic E-state index is 14.3.